The maximum atomic E-state index is 12.4. The minimum atomic E-state index is -0.548. The van der Waals surface area contributed by atoms with Crippen LogP contribution >= 0.6 is 0 Å². The van der Waals surface area contributed by atoms with Crippen LogP contribution in [0.25, 0.3) is 22.2 Å². The van der Waals surface area contributed by atoms with Crippen LogP contribution in [0.1, 0.15) is 27.2 Å². The summed E-state index contributed by atoms with van der Waals surface area (Å²) < 4.78 is 5.38. The molecule has 1 atom stereocenters. The molecule has 0 saturated carbocycles. The molecule has 0 bridgehead atoms. The van der Waals surface area contributed by atoms with Crippen molar-refractivity contribution in [1.29, 1.82) is 0 Å². The van der Waals surface area contributed by atoms with E-state index in [0.717, 1.165) is 16.6 Å². The molecule has 162 valence electrons. The largest absolute Gasteiger partial charge is 0.444 e. The Hall–Kier alpha value is -3.69. The van der Waals surface area contributed by atoms with Crippen molar-refractivity contribution >= 4 is 29.0 Å². The first-order chi connectivity index (χ1) is 14.8. The van der Waals surface area contributed by atoms with Gasteiger partial charge in [0.25, 0.3) is 0 Å². The van der Waals surface area contributed by atoms with Crippen LogP contribution in [0.4, 0.5) is 15.4 Å². The van der Waals surface area contributed by atoms with E-state index in [-0.39, 0.29) is 18.2 Å². The number of aromatic amines is 1. The summed E-state index contributed by atoms with van der Waals surface area (Å²) in [6, 6.07) is 4.88. The second-order valence-electron chi connectivity index (χ2n) is 8.46. The highest BCUT2D eigenvalue weighted by atomic mass is 16.6. The SMILES string of the molecule is CC(C)(C)OC(=O)N1CC[C@H](NC(=O)Nc2ccc3ncc(-c4cn[nH]c4)cc3n2)C1. The topological polar surface area (TPSA) is 125 Å². The van der Waals surface area contributed by atoms with Crippen LogP contribution < -0.4 is 10.6 Å². The summed E-state index contributed by atoms with van der Waals surface area (Å²) in [4.78, 5) is 35.1. The van der Waals surface area contributed by atoms with Gasteiger partial charge in [-0.1, -0.05) is 0 Å². The second kappa shape index (κ2) is 8.21. The highest BCUT2D eigenvalue weighted by Crippen LogP contribution is 2.22. The van der Waals surface area contributed by atoms with Gasteiger partial charge < -0.3 is 15.0 Å². The number of carbonyl (C=O) groups is 2. The van der Waals surface area contributed by atoms with E-state index in [1.165, 1.54) is 0 Å². The first-order valence-electron chi connectivity index (χ1n) is 10.1. The Morgan fingerprint density at radius 2 is 2.03 bits per heavy atom. The van der Waals surface area contributed by atoms with Gasteiger partial charge in [0.1, 0.15) is 11.4 Å². The van der Waals surface area contributed by atoms with Crippen molar-refractivity contribution in [3.8, 4) is 11.1 Å². The Kier molecular flexibility index (Phi) is 5.45. The maximum Gasteiger partial charge on any atom is 0.410 e. The molecule has 3 amide bonds. The lowest BCUT2D eigenvalue weighted by Crippen LogP contribution is -2.41. The zero-order valence-corrected chi connectivity index (χ0v) is 17.7. The van der Waals surface area contributed by atoms with Crippen molar-refractivity contribution in [2.24, 2.45) is 0 Å². The highest BCUT2D eigenvalue weighted by Gasteiger charge is 2.30. The number of carbonyl (C=O) groups excluding carboxylic acids is 2. The summed E-state index contributed by atoms with van der Waals surface area (Å²) in [7, 11) is 0. The third-order valence-corrected chi connectivity index (χ3v) is 4.79. The summed E-state index contributed by atoms with van der Waals surface area (Å²) in [6.07, 6.45) is 5.54. The summed E-state index contributed by atoms with van der Waals surface area (Å²) in [6.45, 7) is 6.43. The number of likely N-dealkylation sites (tertiary alicyclic amines) is 1. The number of rotatable bonds is 3. The molecular weight excluding hydrogens is 398 g/mol. The number of H-pyrrole nitrogens is 1. The predicted octanol–water partition coefficient (Wildman–Crippen LogP) is 3.15. The fraction of sp³-hybridized carbons (Fsp3) is 0.381. The van der Waals surface area contributed by atoms with Gasteiger partial charge in [0, 0.05) is 42.7 Å². The fourth-order valence-corrected chi connectivity index (χ4v) is 3.35. The van der Waals surface area contributed by atoms with Crippen molar-refractivity contribution in [2.45, 2.75) is 38.8 Å². The number of aromatic nitrogens is 4. The van der Waals surface area contributed by atoms with Crippen LogP contribution in [0.15, 0.2) is 36.8 Å². The van der Waals surface area contributed by atoms with Crippen LogP contribution in [0.3, 0.4) is 0 Å². The Labute approximate surface area is 179 Å². The molecule has 3 aromatic heterocycles. The van der Waals surface area contributed by atoms with Gasteiger partial charge in [-0.3, -0.25) is 15.4 Å². The van der Waals surface area contributed by atoms with Crippen molar-refractivity contribution in [3.63, 3.8) is 0 Å². The van der Waals surface area contributed by atoms with Crippen molar-refractivity contribution < 1.29 is 14.3 Å². The number of hydrogen-bond donors (Lipinski definition) is 3. The lowest BCUT2D eigenvalue weighted by Gasteiger charge is -2.24. The van der Waals surface area contributed by atoms with E-state index in [0.29, 0.717) is 30.8 Å². The molecule has 31 heavy (non-hydrogen) atoms. The molecule has 0 radical (unpaired) electrons. The number of hydrogen-bond acceptors (Lipinski definition) is 6. The molecular formula is C21H25N7O3. The molecule has 1 aliphatic rings. The normalized spacial score (nSPS) is 16.4. The molecule has 0 spiro atoms. The van der Waals surface area contributed by atoms with Crippen LogP contribution in [0.2, 0.25) is 0 Å². The molecule has 1 aliphatic heterocycles. The zero-order chi connectivity index (χ0) is 22.0. The molecule has 0 aliphatic carbocycles. The predicted molar refractivity (Wildman–Crippen MR) is 115 cm³/mol. The summed E-state index contributed by atoms with van der Waals surface area (Å²) in [5, 5.41) is 12.4. The lowest BCUT2D eigenvalue weighted by atomic mass is 10.1. The first-order valence-corrected chi connectivity index (χ1v) is 10.1. The Bertz CT molecular complexity index is 1090. The van der Waals surface area contributed by atoms with Gasteiger partial charge in [-0.25, -0.2) is 14.6 Å². The Balaban J connectivity index is 1.37. The van der Waals surface area contributed by atoms with Crippen molar-refractivity contribution in [2.75, 3.05) is 18.4 Å². The van der Waals surface area contributed by atoms with E-state index in [1.807, 2.05) is 26.8 Å². The van der Waals surface area contributed by atoms with Gasteiger partial charge in [0.2, 0.25) is 0 Å². The fourth-order valence-electron chi connectivity index (χ4n) is 3.35. The minimum absolute atomic E-state index is 0.151. The van der Waals surface area contributed by atoms with Crippen LogP contribution in [0.5, 0.6) is 0 Å². The molecule has 10 nitrogen and oxygen atoms in total. The number of urea groups is 1. The molecule has 4 heterocycles. The quantitative estimate of drug-likeness (QED) is 0.594. The standard InChI is InChI=1S/C21H25N7O3/c1-21(2,3)31-20(30)28-7-6-15(12-28)25-19(29)27-18-5-4-16-17(26-18)8-13(9-22-16)14-10-23-24-11-14/h4-5,8-11,15H,6-7,12H2,1-3H3,(H,23,24)(H2,25,26,27,29)/t15-/m0/s1. The number of nitrogens with one attached hydrogen (secondary N) is 3. The molecule has 3 aromatic rings. The number of ether oxygens (including phenoxy) is 1. The number of anilines is 1. The van der Waals surface area contributed by atoms with Gasteiger partial charge in [-0.05, 0) is 45.4 Å². The zero-order valence-electron chi connectivity index (χ0n) is 17.7. The smallest absolute Gasteiger partial charge is 0.410 e. The van der Waals surface area contributed by atoms with Gasteiger partial charge in [-0.2, -0.15) is 5.10 Å². The number of nitrogens with zero attached hydrogens (tertiary/aromatic N) is 4. The van der Waals surface area contributed by atoms with Crippen molar-refractivity contribution in [3.05, 3.63) is 36.8 Å². The number of pyridine rings is 2. The summed E-state index contributed by atoms with van der Waals surface area (Å²) in [5.74, 6) is 0.415. The molecule has 1 saturated heterocycles. The van der Waals surface area contributed by atoms with E-state index >= 15 is 0 Å². The molecule has 3 N–H and O–H groups in total. The van der Waals surface area contributed by atoms with E-state index < -0.39 is 5.60 Å². The van der Waals surface area contributed by atoms with E-state index in [9.17, 15) is 9.59 Å². The average Bonchev–Trinajstić information content (AvgIpc) is 3.38. The van der Waals surface area contributed by atoms with E-state index in [1.54, 1.807) is 35.6 Å². The first kappa shape index (κ1) is 20.6. The van der Waals surface area contributed by atoms with Gasteiger partial charge in [-0.15, -0.1) is 0 Å². The lowest BCUT2D eigenvalue weighted by molar-refractivity contribution is 0.0291. The van der Waals surface area contributed by atoms with E-state index in [4.69, 9.17) is 4.74 Å². The Morgan fingerprint density at radius 1 is 1.19 bits per heavy atom. The second-order valence-corrected chi connectivity index (χ2v) is 8.46. The summed E-state index contributed by atoms with van der Waals surface area (Å²) >= 11 is 0. The third kappa shape index (κ3) is 5.08. The minimum Gasteiger partial charge on any atom is -0.444 e. The Morgan fingerprint density at radius 3 is 2.77 bits per heavy atom. The van der Waals surface area contributed by atoms with Crippen LogP contribution in [-0.2, 0) is 4.74 Å². The molecule has 4 rings (SSSR count). The highest BCUT2D eigenvalue weighted by molar-refractivity contribution is 5.90. The van der Waals surface area contributed by atoms with Gasteiger partial charge >= 0.3 is 12.1 Å². The van der Waals surface area contributed by atoms with Gasteiger partial charge in [0.15, 0.2) is 0 Å². The van der Waals surface area contributed by atoms with Crippen LogP contribution in [0, 0.1) is 0 Å². The monoisotopic (exact) mass is 423 g/mol. The molecule has 0 unspecified atom stereocenters. The third-order valence-electron chi connectivity index (χ3n) is 4.79. The maximum absolute atomic E-state index is 12.4. The molecule has 1 fully saturated rings. The molecule has 0 aromatic carbocycles. The number of amides is 3. The van der Waals surface area contributed by atoms with E-state index in [2.05, 4.69) is 30.8 Å². The number of fused-ring (bicyclic) bond motifs is 1. The summed E-state index contributed by atoms with van der Waals surface area (Å²) in [5.41, 5.74) is 2.62. The van der Waals surface area contributed by atoms with Crippen molar-refractivity contribution in [1.82, 2.24) is 30.4 Å². The van der Waals surface area contributed by atoms with Crippen LogP contribution in [-0.4, -0.2) is 61.9 Å². The molecule has 10 heteroatoms. The average molecular weight is 423 g/mol. The van der Waals surface area contributed by atoms with Gasteiger partial charge in [0.05, 0.1) is 17.2 Å².